The van der Waals surface area contributed by atoms with Gasteiger partial charge in [-0.05, 0) is 31.9 Å². The van der Waals surface area contributed by atoms with Crippen molar-refractivity contribution in [2.75, 3.05) is 5.32 Å². The molecule has 0 aliphatic heterocycles. The first-order valence-electron chi connectivity index (χ1n) is 5.98. The summed E-state index contributed by atoms with van der Waals surface area (Å²) in [5.41, 5.74) is 5.54. The van der Waals surface area contributed by atoms with Crippen LogP contribution in [0, 0.1) is 20.8 Å². The van der Waals surface area contributed by atoms with E-state index < -0.39 is 0 Å². The number of benzene rings is 1. The Labute approximate surface area is 113 Å². The molecule has 0 spiro atoms. The molecule has 18 heavy (non-hydrogen) atoms. The Bertz CT molecular complexity index is 552. The Hall–Kier alpha value is -1.48. The van der Waals surface area contributed by atoms with Gasteiger partial charge in [-0.1, -0.05) is 29.8 Å². The van der Waals surface area contributed by atoms with Crippen LogP contribution in [-0.2, 0) is 13.6 Å². The molecule has 0 aliphatic rings. The van der Waals surface area contributed by atoms with E-state index in [2.05, 4.69) is 42.5 Å². The van der Waals surface area contributed by atoms with Crippen molar-refractivity contribution in [2.45, 2.75) is 27.3 Å². The molecule has 2 rings (SSSR count). The minimum Gasteiger partial charge on any atom is -0.379 e. The maximum atomic E-state index is 6.24. The molecule has 0 amide bonds. The molecular weight excluding hydrogens is 246 g/mol. The van der Waals surface area contributed by atoms with Gasteiger partial charge in [0.2, 0.25) is 0 Å². The van der Waals surface area contributed by atoms with Gasteiger partial charge in [-0.2, -0.15) is 5.10 Å². The van der Waals surface area contributed by atoms with Crippen LogP contribution in [0.3, 0.4) is 0 Å². The van der Waals surface area contributed by atoms with E-state index in [1.54, 1.807) is 0 Å². The van der Waals surface area contributed by atoms with Crippen molar-refractivity contribution < 1.29 is 0 Å². The summed E-state index contributed by atoms with van der Waals surface area (Å²) in [5, 5.41) is 8.51. The number of rotatable bonds is 3. The fourth-order valence-electron chi connectivity index (χ4n) is 2.14. The molecule has 0 fully saturated rings. The number of halogens is 1. The molecule has 0 aliphatic carbocycles. The third-order valence-electron chi connectivity index (χ3n) is 3.18. The molecule has 1 heterocycles. The van der Waals surface area contributed by atoms with Gasteiger partial charge < -0.3 is 5.32 Å². The van der Waals surface area contributed by atoms with Gasteiger partial charge in [0.25, 0.3) is 0 Å². The zero-order chi connectivity index (χ0) is 13.3. The topological polar surface area (TPSA) is 29.9 Å². The number of para-hydroxylation sites is 1. The van der Waals surface area contributed by atoms with Gasteiger partial charge in [-0.3, -0.25) is 4.68 Å². The van der Waals surface area contributed by atoms with E-state index in [9.17, 15) is 0 Å². The smallest absolute Gasteiger partial charge is 0.0865 e. The van der Waals surface area contributed by atoms with Gasteiger partial charge in [0.05, 0.1) is 23.0 Å². The van der Waals surface area contributed by atoms with Gasteiger partial charge in [-0.15, -0.1) is 0 Å². The molecule has 3 nitrogen and oxygen atoms in total. The van der Waals surface area contributed by atoms with Crippen molar-refractivity contribution in [2.24, 2.45) is 7.05 Å². The highest BCUT2D eigenvalue weighted by atomic mass is 35.5. The Morgan fingerprint density at radius 3 is 2.33 bits per heavy atom. The first-order valence-corrected chi connectivity index (χ1v) is 6.36. The summed E-state index contributed by atoms with van der Waals surface area (Å²) >= 11 is 6.24. The van der Waals surface area contributed by atoms with E-state index in [0.717, 1.165) is 16.4 Å². The molecule has 0 unspecified atom stereocenters. The molecule has 0 radical (unpaired) electrons. The summed E-state index contributed by atoms with van der Waals surface area (Å²) in [6.07, 6.45) is 0. The molecule has 96 valence electrons. The Kier molecular flexibility index (Phi) is 3.62. The Morgan fingerprint density at radius 2 is 1.83 bits per heavy atom. The van der Waals surface area contributed by atoms with Gasteiger partial charge in [0, 0.05) is 12.7 Å². The summed E-state index contributed by atoms with van der Waals surface area (Å²) in [5.74, 6) is 0. The lowest BCUT2D eigenvalue weighted by Crippen LogP contribution is -2.07. The van der Waals surface area contributed by atoms with Crippen LogP contribution < -0.4 is 5.32 Å². The third kappa shape index (κ3) is 2.36. The van der Waals surface area contributed by atoms with E-state index in [0.29, 0.717) is 6.54 Å². The number of anilines is 1. The second kappa shape index (κ2) is 5.02. The molecule has 0 saturated carbocycles. The van der Waals surface area contributed by atoms with Crippen LogP contribution in [0.15, 0.2) is 18.2 Å². The molecule has 0 bridgehead atoms. The SMILES string of the molecule is Cc1cccc(C)c1NCc1c(Cl)c(C)nn1C. The zero-order valence-electron chi connectivity index (χ0n) is 11.2. The Morgan fingerprint density at radius 1 is 1.22 bits per heavy atom. The average molecular weight is 264 g/mol. The predicted molar refractivity (Wildman–Crippen MR) is 76.2 cm³/mol. The van der Waals surface area contributed by atoms with Crippen LogP contribution in [0.25, 0.3) is 0 Å². The summed E-state index contributed by atoms with van der Waals surface area (Å²) < 4.78 is 1.83. The molecular formula is C14H18ClN3. The van der Waals surface area contributed by atoms with Crippen molar-refractivity contribution in [3.63, 3.8) is 0 Å². The highest BCUT2D eigenvalue weighted by Gasteiger charge is 2.11. The molecule has 1 aromatic heterocycles. The van der Waals surface area contributed by atoms with Gasteiger partial charge in [-0.25, -0.2) is 0 Å². The first kappa shape index (κ1) is 13.0. The quantitative estimate of drug-likeness (QED) is 0.917. The van der Waals surface area contributed by atoms with E-state index in [4.69, 9.17) is 11.6 Å². The second-order valence-corrected chi connectivity index (χ2v) is 4.97. The van der Waals surface area contributed by atoms with Crippen molar-refractivity contribution in [1.82, 2.24) is 9.78 Å². The van der Waals surface area contributed by atoms with Gasteiger partial charge >= 0.3 is 0 Å². The number of nitrogens with zero attached hydrogens (tertiary/aromatic N) is 2. The standard InChI is InChI=1S/C14H18ClN3/c1-9-6-5-7-10(2)14(9)16-8-12-13(15)11(3)17-18(12)4/h5-7,16H,8H2,1-4H3. The number of hydrogen-bond donors (Lipinski definition) is 1. The number of nitrogens with one attached hydrogen (secondary N) is 1. The van der Waals surface area contributed by atoms with Crippen molar-refractivity contribution in [3.05, 3.63) is 45.7 Å². The molecule has 0 saturated heterocycles. The van der Waals surface area contributed by atoms with E-state index >= 15 is 0 Å². The van der Waals surface area contributed by atoms with Gasteiger partial charge in [0.1, 0.15) is 0 Å². The number of aromatic nitrogens is 2. The van der Waals surface area contributed by atoms with E-state index in [1.165, 1.54) is 16.8 Å². The van der Waals surface area contributed by atoms with E-state index in [-0.39, 0.29) is 0 Å². The lowest BCUT2D eigenvalue weighted by atomic mass is 10.1. The monoisotopic (exact) mass is 263 g/mol. The van der Waals surface area contributed by atoms with Crippen molar-refractivity contribution in [3.8, 4) is 0 Å². The summed E-state index contributed by atoms with van der Waals surface area (Å²) in [6, 6.07) is 6.27. The molecule has 4 heteroatoms. The maximum absolute atomic E-state index is 6.24. The van der Waals surface area contributed by atoms with Crippen LogP contribution >= 0.6 is 11.6 Å². The minimum absolute atomic E-state index is 0.682. The fourth-order valence-corrected chi connectivity index (χ4v) is 2.36. The zero-order valence-corrected chi connectivity index (χ0v) is 12.0. The van der Waals surface area contributed by atoms with E-state index in [1.807, 2.05) is 18.7 Å². The molecule has 0 atom stereocenters. The summed E-state index contributed by atoms with van der Waals surface area (Å²) in [7, 11) is 1.92. The third-order valence-corrected chi connectivity index (χ3v) is 3.67. The average Bonchev–Trinajstić information content (AvgIpc) is 2.54. The summed E-state index contributed by atoms with van der Waals surface area (Å²) in [6.45, 7) is 6.81. The van der Waals surface area contributed by atoms with Gasteiger partial charge in [0.15, 0.2) is 0 Å². The first-order chi connectivity index (χ1) is 8.50. The van der Waals surface area contributed by atoms with Crippen LogP contribution in [-0.4, -0.2) is 9.78 Å². The predicted octanol–water partition coefficient (Wildman–Crippen LogP) is 3.61. The highest BCUT2D eigenvalue weighted by Crippen LogP contribution is 2.23. The molecule has 2 aromatic rings. The van der Waals surface area contributed by atoms with Crippen LogP contribution in [0.4, 0.5) is 5.69 Å². The molecule has 1 N–H and O–H groups in total. The van der Waals surface area contributed by atoms with Crippen LogP contribution in [0.5, 0.6) is 0 Å². The fraction of sp³-hybridized carbons (Fsp3) is 0.357. The lowest BCUT2D eigenvalue weighted by Gasteiger charge is -2.12. The minimum atomic E-state index is 0.682. The van der Waals surface area contributed by atoms with Crippen LogP contribution in [0.1, 0.15) is 22.5 Å². The lowest BCUT2D eigenvalue weighted by molar-refractivity contribution is 0.713. The van der Waals surface area contributed by atoms with Crippen LogP contribution in [0.2, 0.25) is 5.02 Å². The normalized spacial score (nSPS) is 10.7. The maximum Gasteiger partial charge on any atom is 0.0865 e. The van der Waals surface area contributed by atoms with Crippen molar-refractivity contribution >= 4 is 17.3 Å². The largest absolute Gasteiger partial charge is 0.379 e. The highest BCUT2D eigenvalue weighted by molar-refractivity contribution is 6.31. The number of hydrogen-bond acceptors (Lipinski definition) is 2. The second-order valence-electron chi connectivity index (χ2n) is 4.59. The number of aryl methyl sites for hydroxylation is 4. The molecule has 1 aromatic carbocycles. The van der Waals surface area contributed by atoms with Crippen molar-refractivity contribution in [1.29, 1.82) is 0 Å². The Balaban J connectivity index is 2.22. The summed E-state index contributed by atoms with van der Waals surface area (Å²) in [4.78, 5) is 0.